The summed E-state index contributed by atoms with van der Waals surface area (Å²) in [5.41, 5.74) is 13.4. The smallest absolute Gasteiger partial charge is 0.0518 e. The summed E-state index contributed by atoms with van der Waals surface area (Å²) < 4.78 is 0. The average molecular weight is 644 g/mol. The zero-order valence-electron chi connectivity index (χ0n) is 29.1. The van der Waals surface area contributed by atoms with Crippen molar-refractivity contribution in [1.82, 2.24) is 0 Å². The van der Waals surface area contributed by atoms with Crippen molar-refractivity contribution in [2.45, 2.75) is 57.4 Å². The topological polar surface area (TPSA) is 3.24 Å². The standard InChI is InChI=1S/C49H41N/c1-32-29-36(30-44-47(32)50(37-19-11-6-12-20-37)49(3)28-14-13-27-48(44,49)2)43-31-42(34-17-9-5-10-18-34)40-24-22-35-21-23-38(33-15-7-4-8-16-33)39-25-26-41(43)46(40)45(35)39/h4-12,15-26,29-31H,13-14,27-28H2,1-3H3. The molecule has 2 unspecified atom stereocenters. The molecule has 0 amide bonds. The Balaban J connectivity index is 1.29. The molecule has 1 saturated carbocycles. The zero-order chi connectivity index (χ0) is 33.6. The molecule has 242 valence electrons. The van der Waals surface area contributed by atoms with Gasteiger partial charge in [-0.2, -0.15) is 0 Å². The molecule has 0 spiro atoms. The van der Waals surface area contributed by atoms with Gasteiger partial charge < -0.3 is 4.90 Å². The van der Waals surface area contributed by atoms with Crippen LogP contribution in [0.1, 0.15) is 50.7 Å². The molecule has 0 bridgehead atoms. The molecule has 1 aliphatic heterocycles. The van der Waals surface area contributed by atoms with Crippen LogP contribution in [0.4, 0.5) is 11.4 Å². The van der Waals surface area contributed by atoms with Crippen LogP contribution in [0.5, 0.6) is 0 Å². The Labute approximate surface area is 295 Å². The van der Waals surface area contributed by atoms with E-state index >= 15 is 0 Å². The molecule has 0 radical (unpaired) electrons. The summed E-state index contributed by atoms with van der Waals surface area (Å²) in [4.78, 5) is 2.71. The first kappa shape index (κ1) is 29.5. The number of fused-ring (bicyclic) bond motifs is 3. The van der Waals surface area contributed by atoms with Crippen molar-refractivity contribution in [3.05, 3.63) is 157 Å². The fourth-order valence-electron chi connectivity index (χ4n) is 10.0. The van der Waals surface area contributed by atoms with Gasteiger partial charge in [-0.15, -0.1) is 0 Å². The van der Waals surface area contributed by atoms with E-state index in [1.165, 1.54) is 114 Å². The number of hydrogen-bond acceptors (Lipinski definition) is 1. The quantitative estimate of drug-likeness (QED) is 0.173. The third-order valence-electron chi connectivity index (χ3n) is 12.7. The van der Waals surface area contributed by atoms with Gasteiger partial charge in [-0.3, -0.25) is 0 Å². The maximum absolute atomic E-state index is 2.71. The fraction of sp³-hybridized carbons (Fsp3) is 0.184. The molecule has 0 aromatic heterocycles. The molecule has 2 atom stereocenters. The van der Waals surface area contributed by atoms with Crippen LogP contribution in [0.3, 0.4) is 0 Å². The first-order chi connectivity index (χ1) is 24.5. The van der Waals surface area contributed by atoms with Crippen LogP contribution in [0.2, 0.25) is 0 Å². The van der Waals surface area contributed by atoms with E-state index in [9.17, 15) is 0 Å². The minimum Gasteiger partial charge on any atom is -0.334 e. The summed E-state index contributed by atoms with van der Waals surface area (Å²) in [5.74, 6) is 0. The molecule has 10 rings (SSSR count). The third-order valence-corrected chi connectivity index (χ3v) is 12.7. The van der Waals surface area contributed by atoms with Gasteiger partial charge in [-0.1, -0.05) is 135 Å². The highest BCUT2D eigenvalue weighted by molar-refractivity contribution is 6.30. The van der Waals surface area contributed by atoms with Crippen LogP contribution in [0.25, 0.3) is 65.7 Å². The normalized spacial score (nSPS) is 20.1. The maximum Gasteiger partial charge on any atom is 0.0518 e. The summed E-state index contributed by atoms with van der Waals surface area (Å²) in [5, 5.41) is 7.99. The molecule has 0 N–H and O–H groups in total. The molecule has 1 aliphatic carbocycles. The Bertz CT molecular complexity index is 2570. The second kappa shape index (κ2) is 10.8. The SMILES string of the molecule is Cc1cc(-c2cc(-c3ccccc3)c3ccc4ccc(-c5ccccc5)c5ccc2c3c45)cc2c1N(c1ccccc1)C1(C)CCCCC21C. The largest absolute Gasteiger partial charge is 0.334 e. The number of nitrogens with zero attached hydrogens (tertiary/aromatic N) is 1. The molecule has 50 heavy (non-hydrogen) atoms. The molecule has 8 aromatic carbocycles. The van der Waals surface area contributed by atoms with Crippen LogP contribution >= 0.6 is 0 Å². The van der Waals surface area contributed by atoms with Gasteiger partial charge in [0.25, 0.3) is 0 Å². The van der Waals surface area contributed by atoms with Crippen molar-refractivity contribution in [2.24, 2.45) is 0 Å². The highest BCUT2D eigenvalue weighted by atomic mass is 15.3. The number of benzene rings is 8. The number of anilines is 2. The minimum absolute atomic E-state index is 0.0179. The summed E-state index contributed by atoms with van der Waals surface area (Å²) >= 11 is 0. The van der Waals surface area contributed by atoms with E-state index in [0.29, 0.717) is 0 Å². The third kappa shape index (κ3) is 4.01. The number of hydrogen-bond donors (Lipinski definition) is 0. The van der Waals surface area contributed by atoms with Crippen LogP contribution in [0, 0.1) is 6.92 Å². The van der Waals surface area contributed by atoms with E-state index < -0.39 is 0 Å². The van der Waals surface area contributed by atoms with Crippen molar-refractivity contribution >= 4 is 43.7 Å². The predicted octanol–water partition coefficient (Wildman–Crippen LogP) is 13.6. The van der Waals surface area contributed by atoms with E-state index in [2.05, 4.69) is 171 Å². The van der Waals surface area contributed by atoms with Gasteiger partial charge in [0.05, 0.1) is 5.54 Å². The summed E-state index contributed by atoms with van der Waals surface area (Å²) in [6.07, 6.45) is 4.95. The lowest BCUT2D eigenvalue weighted by Gasteiger charge is -2.50. The van der Waals surface area contributed by atoms with Crippen molar-refractivity contribution in [3.63, 3.8) is 0 Å². The Kier molecular flexibility index (Phi) is 6.37. The maximum atomic E-state index is 2.71. The number of para-hydroxylation sites is 1. The Morgan fingerprint density at radius 3 is 1.76 bits per heavy atom. The molecule has 8 aromatic rings. The Morgan fingerprint density at radius 1 is 0.500 bits per heavy atom. The first-order valence-corrected chi connectivity index (χ1v) is 18.3. The van der Waals surface area contributed by atoms with Gasteiger partial charge in [0.15, 0.2) is 0 Å². The molecule has 1 nitrogen and oxygen atoms in total. The van der Waals surface area contributed by atoms with Gasteiger partial charge >= 0.3 is 0 Å². The van der Waals surface area contributed by atoms with Crippen LogP contribution < -0.4 is 4.90 Å². The first-order valence-electron chi connectivity index (χ1n) is 18.3. The number of rotatable bonds is 4. The van der Waals surface area contributed by atoms with Crippen LogP contribution in [-0.2, 0) is 5.41 Å². The second-order valence-electron chi connectivity index (χ2n) is 15.2. The van der Waals surface area contributed by atoms with Crippen molar-refractivity contribution in [2.75, 3.05) is 4.90 Å². The van der Waals surface area contributed by atoms with Crippen LogP contribution in [0.15, 0.2) is 146 Å². The minimum atomic E-state index is 0.0179. The Hall–Kier alpha value is -5.40. The lowest BCUT2D eigenvalue weighted by atomic mass is 9.61. The molecule has 1 heteroatoms. The van der Waals surface area contributed by atoms with Gasteiger partial charge in [0.1, 0.15) is 0 Å². The monoisotopic (exact) mass is 643 g/mol. The molecular weight excluding hydrogens is 603 g/mol. The molecule has 1 heterocycles. The highest BCUT2D eigenvalue weighted by Crippen LogP contribution is 2.62. The lowest BCUT2D eigenvalue weighted by molar-refractivity contribution is 0.195. The average Bonchev–Trinajstić information content (AvgIpc) is 3.38. The van der Waals surface area contributed by atoms with Crippen molar-refractivity contribution in [1.29, 1.82) is 0 Å². The summed E-state index contributed by atoms with van der Waals surface area (Å²) in [7, 11) is 0. The van der Waals surface area contributed by atoms with Gasteiger partial charge in [0.2, 0.25) is 0 Å². The summed E-state index contributed by atoms with van der Waals surface area (Å²) in [6, 6.07) is 54.7. The van der Waals surface area contributed by atoms with E-state index in [1.807, 2.05) is 0 Å². The highest BCUT2D eigenvalue weighted by Gasteiger charge is 2.58. The van der Waals surface area contributed by atoms with E-state index in [-0.39, 0.29) is 11.0 Å². The van der Waals surface area contributed by atoms with E-state index in [1.54, 1.807) is 0 Å². The zero-order valence-corrected chi connectivity index (χ0v) is 29.1. The predicted molar refractivity (Wildman–Crippen MR) is 214 cm³/mol. The van der Waals surface area contributed by atoms with Crippen molar-refractivity contribution < 1.29 is 0 Å². The molecule has 1 fully saturated rings. The molecular formula is C49H41N. The van der Waals surface area contributed by atoms with Gasteiger partial charge in [-0.05, 0) is 134 Å². The van der Waals surface area contributed by atoms with Crippen LogP contribution in [-0.4, -0.2) is 5.54 Å². The fourth-order valence-corrected chi connectivity index (χ4v) is 10.0. The van der Waals surface area contributed by atoms with E-state index in [4.69, 9.17) is 0 Å². The van der Waals surface area contributed by atoms with E-state index in [0.717, 1.165) is 0 Å². The second-order valence-corrected chi connectivity index (χ2v) is 15.2. The Morgan fingerprint density at radius 2 is 1.06 bits per heavy atom. The number of aryl methyl sites for hydroxylation is 1. The lowest BCUT2D eigenvalue weighted by Crippen LogP contribution is -2.54. The molecule has 2 aliphatic rings. The van der Waals surface area contributed by atoms with Crippen molar-refractivity contribution in [3.8, 4) is 33.4 Å². The molecule has 0 saturated heterocycles. The summed E-state index contributed by atoms with van der Waals surface area (Å²) in [6.45, 7) is 7.44. The van der Waals surface area contributed by atoms with Gasteiger partial charge in [0, 0.05) is 16.8 Å². The van der Waals surface area contributed by atoms with Gasteiger partial charge in [-0.25, -0.2) is 0 Å².